The van der Waals surface area contributed by atoms with Crippen LogP contribution >= 0.6 is 0 Å². The molecule has 154 valence electrons. The first kappa shape index (κ1) is 25.0. The van der Waals surface area contributed by atoms with E-state index >= 15 is 0 Å². The summed E-state index contributed by atoms with van der Waals surface area (Å²) in [5, 5.41) is 2.36. The lowest BCUT2D eigenvalue weighted by atomic mass is 9.89. The molecule has 0 saturated carbocycles. The summed E-state index contributed by atoms with van der Waals surface area (Å²) in [7, 11) is 0. The van der Waals surface area contributed by atoms with Gasteiger partial charge in [0, 0.05) is 25.8 Å². The van der Waals surface area contributed by atoms with Gasteiger partial charge in [0.2, 0.25) is 17.2 Å². The Balaban J connectivity index is 0.00000729. The number of ketones is 2. The number of hydrogen-bond acceptors (Lipinski definition) is 7. The maximum atomic E-state index is 12.5. The summed E-state index contributed by atoms with van der Waals surface area (Å²) in [6.45, 7) is 5.49. The standard InChI is InChI=1S/C19H23NO7.CH4/c1-5-26-17(24)19(20-13(4)22,18(25)27-6-2)11-14-7-9-15(10-8-14)16(23)12(3)21;/h7-10H,5-6,11H2,1-4H3,(H,20,22);1H4. The van der Waals surface area contributed by atoms with E-state index < -0.39 is 35.0 Å². The monoisotopic (exact) mass is 393 g/mol. The summed E-state index contributed by atoms with van der Waals surface area (Å²) in [6, 6.07) is 5.80. The molecule has 1 N–H and O–H groups in total. The topological polar surface area (TPSA) is 116 Å². The number of hydrogen-bond donors (Lipinski definition) is 1. The molecule has 0 spiro atoms. The number of nitrogens with one attached hydrogen (secondary N) is 1. The zero-order valence-corrected chi connectivity index (χ0v) is 15.8. The Morgan fingerprint density at radius 3 is 1.71 bits per heavy atom. The first-order chi connectivity index (χ1) is 12.7. The van der Waals surface area contributed by atoms with Gasteiger partial charge in [-0.05, 0) is 19.4 Å². The number of Topliss-reactive ketones (excluding diaryl/α,β-unsaturated/α-hetero) is 2. The van der Waals surface area contributed by atoms with Gasteiger partial charge in [0.15, 0.2) is 5.78 Å². The molecule has 0 atom stereocenters. The van der Waals surface area contributed by atoms with E-state index in [1.54, 1.807) is 13.8 Å². The number of ether oxygens (including phenoxy) is 2. The Bertz CT molecular complexity index is 719. The van der Waals surface area contributed by atoms with Crippen LogP contribution in [0.25, 0.3) is 0 Å². The van der Waals surface area contributed by atoms with Gasteiger partial charge in [-0.15, -0.1) is 0 Å². The van der Waals surface area contributed by atoms with Crippen molar-refractivity contribution in [2.75, 3.05) is 13.2 Å². The minimum atomic E-state index is -2.05. The zero-order chi connectivity index (χ0) is 20.6. The normalized spacial score (nSPS) is 10.3. The van der Waals surface area contributed by atoms with Crippen LogP contribution in [-0.4, -0.2) is 48.2 Å². The van der Waals surface area contributed by atoms with Gasteiger partial charge in [-0.25, -0.2) is 9.59 Å². The van der Waals surface area contributed by atoms with Crippen molar-refractivity contribution in [1.29, 1.82) is 0 Å². The van der Waals surface area contributed by atoms with E-state index in [1.807, 2.05) is 0 Å². The highest BCUT2D eigenvalue weighted by Crippen LogP contribution is 2.20. The minimum absolute atomic E-state index is 0. The molecule has 1 aromatic carbocycles. The lowest BCUT2D eigenvalue weighted by molar-refractivity contribution is -0.168. The Morgan fingerprint density at radius 1 is 0.893 bits per heavy atom. The van der Waals surface area contributed by atoms with Crippen LogP contribution in [-0.2, 0) is 35.1 Å². The first-order valence-electron chi connectivity index (χ1n) is 8.45. The molecule has 1 rings (SSSR count). The fourth-order valence-corrected chi connectivity index (χ4v) is 2.47. The van der Waals surface area contributed by atoms with Crippen molar-refractivity contribution in [2.24, 2.45) is 0 Å². The molecule has 1 amide bonds. The Hall–Kier alpha value is -3.03. The Kier molecular flexibility index (Phi) is 9.77. The number of carbonyl (C=O) groups excluding carboxylic acids is 5. The highest BCUT2D eigenvalue weighted by atomic mass is 16.6. The van der Waals surface area contributed by atoms with Crippen molar-refractivity contribution in [3.8, 4) is 0 Å². The van der Waals surface area contributed by atoms with Gasteiger partial charge in [-0.2, -0.15) is 0 Å². The van der Waals surface area contributed by atoms with Crippen LogP contribution in [0.4, 0.5) is 0 Å². The molecule has 0 fully saturated rings. The minimum Gasteiger partial charge on any atom is -0.464 e. The van der Waals surface area contributed by atoms with Crippen LogP contribution in [0.2, 0.25) is 0 Å². The second-order valence-electron chi connectivity index (χ2n) is 5.79. The van der Waals surface area contributed by atoms with Crippen molar-refractivity contribution in [3.05, 3.63) is 35.4 Å². The first-order valence-corrected chi connectivity index (χ1v) is 8.45. The van der Waals surface area contributed by atoms with Crippen LogP contribution in [0.3, 0.4) is 0 Å². The molecule has 1 aromatic rings. The van der Waals surface area contributed by atoms with Gasteiger partial charge in [-0.1, -0.05) is 31.7 Å². The number of esters is 2. The van der Waals surface area contributed by atoms with Gasteiger partial charge in [0.25, 0.3) is 0 Å². The van der Waals surface area contributed by atoms with E-state index in [2.05, 4.69) is 5.32 Å². The van der Waals surface area contributed by atoms with E-state index in [9.17, 15) is 24.0 Å². The molecular formula is C20H27NO7. The smallest absolute Gasteiger partial charge is 0.344 e. The predicted molar refractivity (Wildman–Crippen MR) is 102 cm³/mol. The number of rotatable bonds is 9. The van der Waals surface area contributed by atoms with E-state index in [0.717, 1.165) is 0 Å². The van der Waals surface area contributed by atoms with Gasteiger partial charge < -0.3 is 14.8 Å². The lowest BCUT2D eigenvalue weighted by Crippen LogP contribution is -2.62. The third-order valence-electron chi connectivity index (χ3n) is 3.64. The number of carbonyl (C=O) groups is 5. The Morgan fingerprint density at radius 2 is 1.36 bits per heavy atom. The van der Waals surface area contributed by atoms with Gasteiger partial charge in [0.1, 0.15) is 0 Å². The highest BCUT2D eigenvalue weighted by molar-refractivity contribution is 6.42. The van der Waals surface area contributed by atoms with Crippen molar-refractivity contribution in [3.63, 3.8) is 0 Å². The highest BCUT2D eigenvalue weighted by Gasteiger charge is 2.50. The fraction of sp³-hybridized carbons (Fsp3) is 0.450. The SMILES string of the molecule is C.CCOC(=O)C(Cc1ccc(C(=O)C(C)=O)cc1)(NC(C)=O)C(=O)OCC. The lowest BCUT2D eigenvalue weighted by Gasteiger charge is -2.29. The number of amides is 1. The van der Waals surface area contributed by atoms with Crippen molar-refractivity contribution in [2.45, 2.75) is 47.1 Å². The summed E-state index contributed by atoms with van der Waals surface area (Å²) in [5.41, 5.74) is -1.40. The third kappa shape index (κ3) is 6.00. The largest absolute Gasteiger partial charge is 0.464 e. The molecule has 0 aromatic heterocycles. The molecule has 8 heteroatoms. The van der Waals surface area contributed by atoms with E-state index in [-0.39, 0.29) is 32.6 Å². The van der Waals surface area contributed by atoms with E-state index in [0.29, 0.717) is 5.56 Å². The van der Waals surface area contributed by atoms with Gasteiger partial charge >= 0.3 is 11.9 Å². The van der Waals surface area contributed by atoms with Crippen molar-refractivity contribution >= 4 is 29.4 Å². The molecular weight excluding hydrogens is 366 g/mol. The van der Waals surface area contributed by atoms with Gasteiger partial charge in [-0.3, -0.25) is 14.4 Å². The molecule has 0 saturated heterocycles. The predicted octanol–water partition coefficient (Wildman–Crippen LogP) is 1.64. The average Bonchev–Trinajstić information content (AvgIpc) is 2.61. The van der Waals surface area contributed by atoms with Crippen LogP contribution in [0.15, 0.2) is 24.3 Å². The summed E-state index contributed by atoms with van der Waals surface area (Å²) < 4.78 is 9.98. The molecule has 0 aliphatic rings. The van der Waals surface area contributed by atoms with Crippen LogP contribution in [0.1, 0.15) is 51.0 Å². The van der Waals surface area contributed by atoms with Crippen molar-refractivity contribution in [1.82, 2.24) is 5.32 Å². The molecule has 0 aliphatic carbocycles. The summed E-state index contributed by atoms with van der Waals surface area (Å²) in [6.07, 6.45) is -0.237. The molecule has 0 bridgehead atoms. The third-order valence-corrected chi connectivity index (χ3v) is 3.64. The second kappa shape index (κ2) is 11.0. The second-order valence-corrected chi connectivity index (χ2v) is 5.79. The van der Waals surface area contributed by atoms with Crippen LogP contribution in [0, 0.1) is 0 Å². The van der Waals surface area contributed by atoms with Crippen LogP contribution < -0.4 is 5.32 Å². The molecule has 0 aliphatic heterocycles. The summed E-state index contributed by atoms with van der Waals surface area (Å²) in [5.74, 6) is -3.75. The quantitative estimate of drug-likeness (QED) is 0.293. The maximum absolute atomic E-state index is 12.5. The molecule has 0 unspecified atom stereocenters. The molecule has 28 heavy (non-hydrogen) atoms. The fourth-order valence-electron chi connectivity index (χ4n) is 2.47. The molecule has 8 nitrogen and oxygen atoms in total. The maximum Gasteiger partial charge on any atom is 0.344 e. The Labute approximate surface area is 164 Å². The van der Waals surface area contributed by atoms with Crippen molar-refractivity contribution < 1.29 is 33.4 Å². The average molecular weight is 393 g/mol. The van der Waals surface area contributed by atoms with Crippen LogP contribution in [0.5, 0.6) is 0 Å². The van der Waals surface area contributed by atoms with E-state index in [4.69, 9.17) is 9.47 Å². The summed E-state index contributed by atoms with van der Waals surface area (Å²) >= 11 is 0. The molecule has 0 radical (unpaired) electrons. The summed E-state index contributed by atoms with van der Waals surface area (Å²) in [4.78, 5) is 59.7. The zero-order valence-electron chi connectivity index (χ0n) is 15.8. The molecule has 0 heterocycles. The number of benzene rings is 1. The van der Waals surface area contributed by atoms with E-state index in [1.165, 1.54) is 38.1 Å². The van der Waals surface area contributed by atoms with Gasteiger partial charge in [0.05, 0.1) is 13.2 Å².